The third-order valence-electron chi connectivity index (χ3n) is 3.18. The Morgan fingerprint density at radius 1 is 1.32 bits per heavy atom. The molecule has 1 fully saturated rings. The van der Waals surface area contributed by atoms with Gasteiger partial charge in [0.2, 0.25) is 0 Å². The zero-order valence-corrected chi connectivity index (χ0v) is 14.3. The van der Waals surface area contributed by atoms with Crippen molar-refractivity contribution in [3.05, 3.63) is 23.9 Å². The number of nitrogens with one attached hydrogen (secondary N) is 2. The van der Waals surface area contributed by atoms with E-state index in [1.807, 2.05) is 13.0 Å². The minimum absolute atomic E-state index is 0. The number of hydrogen-bond acceptors (Lipinski definition) is 5. The molecular formula is C14H24Cl2N4O2. The van der Waals surface area contributed by atoms with Crippen LogP contribution in [0.15, 0.2) is 18.3 Å². The van der Waals surface area contributed by atoms with Crippen LogP contribution in [0, 0.1) is 0 Å². The maximum absolute atomic E-state index is 12.2. The van der Waals surface area contributed by atoms with Crippen LogP contribution in [0.5, 0.6) is 0 Å². The van der Waals surface area contributed by atoms with Crippen LogP contribution in [-0.4, -0.2) is 56.8 Å². The van der Waals surface area contributed by atoms with Crippen LogP contribution in [0.2, 0.25) is 0 Å². The van der Waals surface area contributed by atoms with Gasteiger partial charge in [0.1, 0.15) is 5.82 Å². The summed E-state index contributed by atoms with van der Waals surface area (Å²) in [6.07, 6.45) is 1.72. The molecule has 0 radical (unpaired) electrons. The highest BCUT2D eigenvalue weighted by Crippen LogP contribution is 2.18. The summed E-state index contributed by atoms with van der Waals surface area (Å²) in [6.45, 7) is 7.24. The van der Waals surface area contributed by atoms with Crippen molar-refractivity contribution in [1.82, 2.24) is 15.6 Å². The lowest BCUT2D eigenvalue weighted by atomic mass is 10.2. The lowest BCUT2D eigenvalue weighted by molar-refractivity contribution is 0.0952. The van der Waals surface area contributed by atoms with Crippen molar-refractivity contribution in [3.8, 4) is 0 Å². The second-order valence-electron chi connectivity index (χ2n) is 4.58. The first-order chi connectivity index (χ1) is 9.83. The Hall–Kier alpha value is -1.08. The second-order valence-corrected chi connectivity index (χ2v) is 4.58. The first kappa shape index (κ1) is 20.9. The van der Waals surface area contributed by atoms with Crippen LogP contribution in [0.25, 0.3) is 0 Å². The lowest BCUT2D eigenvalue weighted by Crippen LogP contribution is -2.39. The van der Waals surface area contributed by atoms with E-state index in [1.165, 1.54) is 0 Å². The topological polar surface area (TPSA) is 66.5 Å². The molecule has 22 heavy (non-hydrogen) atoms. The molecule has 0 aliphatic carbocycles. The first-order valence-electron chi connectivity index (χ1n) is 7.09. The molecule has 0 bridgehead atoms. The SMILES string of the molecule is CCNCCNC(=O)c1cccnc1N1CCOCC1.Cl.Cl. The number of anilines is 1. The van der Waals surface area contributed by atoms with E-state index >= 15 is 0 Å². The fourth-order valence-corrected chi connectivity index (χ4v) is 2.14. The molecule has 0 spiro atoms. The molecule has 1 aliphatic heterocycles. The third kappa shape index (κ3) is 5.96. The molecule has 0 aromatic carbocycles. The van der Waals surface area contributed by atoms with Gasteiger partial charge in [0.05, 0.1) is 18.8 Å². The summed E-state index contributed by atoms with van der Waals surface area (Å²) in [6, 6.07) is 3.61. The van der Waals surface area contributed by atoms with E-state index in [-0.39, 0.29) is 30.7 Å². The van der Waals surface area contributed by atoms with Crippen LogP contribution in [0.3, 0.4) is 0 Å². The highest BCUT2D eigenvalue weighted by Gasteiger charge is 2.19. The quantitative estimate of drug-likeness (QED) is 0.752. The summed E-state index contributed by atoms with van der Waals surface area (Å²) in [5.41, 5.74) is 0.630. The summed E-state index contributed by atoms with van der Waals surface area (Å²) in [5.74, 6) is 0.675. The molecule has 2 N–H and O–H groups in total. The van der Waals surface area contributed by atoms with Crippen LogP contribution in [0.1, 0.15) is 17.3 Å². The van der Waals surface area contributed by atoms with E-state index in [9.17, 15) is 4.79 Å². The fourth-order valence-electron chi connectivity index (χ4n) is 2.14. The van der Waals surface area contributed by atoms with Crippen molar-refractivity contribution < 1.29 is 9.53 Å². The van der Waals surface area contributed by atoms with Gasteiger partial charge in [0.25, 0.3) is 5.91 Å². The molecule has 0 unspecified atom stereocenters. The molecule has 1 aliphatic rings. The summed E-state index contributed by atoms with van der Waals surface area (Å²) < 4.78 is 5.34. The predicted octanol–water partition coefficient (Wildman–Crippen LogP) is 1.10. The van der Waals surface area contributed by atoms with E-state index in [4.69, 9.17) is 4.74 Å². The number of carbonyl (C=O) groups excluding carboxylic acids is 1. The van der Waals surface area contributed by atoms with Crippen LogP contribution in [-0.2, 0) is 4.74 Å². The number of aromatic nitrogens is 1. The van der Waals surface area contributed by atoms with Gasteiger partial charge in [-0.05, 0) is 18.7 Å². The van der Waals surface area contributed by atoms with Gasteiger partial charge >= 0.3 is 0 Å². The van der Waals surface area contributed by atoms with Crippen molar-refractivity contribution in [2.24, 2.45) is 0 Å². The van der Waals surface area contributed by atoms with Crippen molar-refractivity contribution in [3.63, 3.8) is 0 Å². The molecule has 126 valence electrons. The largest absolute Gasteiger partial charge is 0.378 e. The molecular weight excluding hydrogens is 327 g/mol. The molecule has 2 heterocycles. The van der Waals surface area contributed by atoms with Gasteiger partial charge in [-0.3, -0.25) is 4.79 Å². The molecule has 6 nitrogen and oxygen atoms in total. The zero-order valence-electron chi connectivity index (χ0n) is 12.7. The van der Waals surface area contributed by atoms with Crippen molar-refractivity contribution in [1.29, 1.82) is 0 Å². The number of ether oxygens (including phenoxy) is 1. The van der Waals surface area contributed by atoms with Gasteiger partial charge in [0.15, 0.2) is 0 Å². The predicted molar refractivity (Wildman–Crippen MR) is 92.6 cm³/mol. The molecule has 0 saturated carbocycles. The van der Waals surface area contributed by atoms with Gasteiger partial charge in [0, 0.05) is 32.4 Å². The van der Waals surface area contributed by atoms with Gasteiger partial charge in [-0.25, -0.2) is 4.98 Å². The molecule has 1 aromatic heterocycles. The highest BCUT2D eigenvalue weighted by molar-refractivity contribution is 5.98. The Morgan fingerprint density at radius 2 is 2.05 bits per heavy atom. The smallest absolute Gasteiger partial charge is 0.255 e. The van der Waals surface area contributed by atoms with E-state index in [2.05, 4.69) is 20.5 Å². The normalized spacial score (nSPS) is 13.8. The average Bonchev–Trinajstić information content (AvgIpc) is 2.52. The number of pyridine rings is 1. The Labute approximate surface area is 143 Å². The molecule has 2 rings (SSSR count). The van der Waals surface area contributed by atoms with E-state index in [0.29, 0.717) is 25.3 Å². The van der Waals surface area contributed by atoms with Gasteiger partial charge in [-0.15, -0.1) is 24.8 Å². The number of morpholine rings is 1. The maximum atomic E-state index is 12.2. The standard InChI is InChI=1S/C14H22N4O2.2ClH/c1-2-15-6-7-17-14(19)12-4-3-5-16-13(12)18-8-10-20-11-9-18;;/h3-5,15H,2,6-11H2,1H3,(H,17,19);2*1H. The fraction of sp³-hybridized carbons (Fsp3) is 0.571. The summed E-state index contributed by atoms with van der Waals surface area (Å²) in [7, 11) is 0. The van der Waals surface area contributed by atoms with Crippen LogP contribution in [0.4, 0.5) is 5.82 Å². The van der Waals surface area contributed by atoms with Crippen molar-refractivity contribution in [2.45, 2.75) is 6.92 Å². The molecule has 1 aromatic rings. The number of likely N-dealkylation sites (N-methyl/N-ethyl adjacent to an activating group) is 1. The summed E-state index contributed by atoms with van der Waals surface area (Å²) in [5, 5.41) is 6.09. The maximum Gasteiger partial charge on any atom is 0.255 e. The van der Waals surface area contributed by atoms with E-state index in [1.54, 1.807) is 12.3 Å². The second kappa shape index (κ2) is 11.5. The Kier molecular flexibility index (Phi) is 10.9. The van der Waals surface area contributed by atoms with Gasteiger partial charge < -0.3 is 20.3 Å². The average molecular weight is 351 g/mol. The summed E-state index contributed by atoms with van der Waals surface area (Å²) >= 11 is 0. The minimum Gasteiger partial charge on any atom is -0.378 e. The lowest BCUT2D eigenvalue weighted by Gasteiger charge is -2.29. The first-order valence-corrected chi connectivity index (χ1v) is 7.09. The zero-order chi connectivity index (χ0) is 14.2. The monoisotopic (exact) mass is 350 g/mol. The number of hydrogen-bond donors (Lipinski definition) is 2. The van der Waals surface area contributed by atoms with Gasteiger partial charge in [-0.1, -0.05) is 6.92 Å². The Morgan fingerprint density at radius 3 is 2.73 bits per heavy atom. The minimum atomic E-state index is -0.0718. The van der Waals surface area contributed by atoms with Crippen LogP contribution < -0.4 is 15.5 Å². The van der Waals surface area contributed by atoms with Gasteiger partial charge in [-0.2, -0.15) is 0 Å². The third-order valence-corrected chi connectivity index (χ3v) is 3.18. The highest BCUT2D eigenvalue weighted by atomic mass is 35.5. The van der Waals surface area contributed by atoms with Crippen molar-refractivity contribution in [2.75, 3.05) is 50.8 Å². The number of amides is 1. The van der Waals surface area contributed by atoms with E-state index < -0.39 is 0 Å². The Balaban J connectivity index is 0.00000220. The molecule has 0 atom stereocenters. The van der Waals surface area contributed by atoms with Crippen molar-refractivity contribution >= 4 is 36.5 Å². The number of nitrogens with zero attached hydrogens (tertiary/aromatic N) is 2. The number of carbonyl (C=O) groups is 1. The van der Waals surface area contributed by atoms with E-state index in [0.717, 1.165) is 32.0 Å². The van der Waals surface area contributed by atoms with Crippen LogP contribution >= 0.6 is 24.8 Å². The molecule has 1 amide bonds. The number of halogens is 2. The molecule has 8 heteroatoms. The molecule has 1 saturated heterocycles. The Bertz CT molecular complexity index is 443. The number of rotatable bonds is 6. The summed E-state index contributed by atoms with van der Waals surface area (Å²) in [4.78, 5) is 18.7.